The van der Waals surface area contributed by atoms with E-state index >= 15 is 0 Å². The van der Waals surface area contributed by atoms with Gasteiger partial charge in [-0.25, -0.2) is 4.79 Å². The van der Waals surface area contributed by atoms with E-state index in [0.717, 1.165) is 19.0 Å². The molecule has 2 unspecified atom stereocenters. The molecule has 2 aliphatic rings. The predicted octanol–water partition coefficient (Wildman–Crippen LogP) is 3.07. The lowest BCUT2D eigenvalue weighted by molar-refractivity contribution is 0.0445. The molecule has 0 bridgehead atoms. The second-order valence-electron chi connectivity index (χ2n) is 7.31. The number of hydrogen-bond acceptors (Lipinski definition) is 3. The Balaban J connectivity index is 1.91. The van der Waals surface area contributed by atoms with E-state index in [1.807, 2.05) is 20.8 Å². The first-order valence-electron chi connectivity index (χ1n) is 8.16. The van der Waals surface area contributed by atoms with Crippen molar-refractivity contribution in [1.29, 1.82) is 0 Å². The smallest absolute Gasteiger partial charge is 0.407 e. The van der Waals surface area contributed by atoms with E-state index in [1.54, 1.807) is 0 Å². The van der Waals surface area contributed by atoms with Gasteiger partial charge in [0.05, 0.1) is 0 Å². The molecule has 4 heteroatoms. The van der Waals surface area contributed by atoms with Crippen molar-refractivity contribution in [3.63, 3.8) is 0 Å². The van der Waals surface area contributed by atoms with Gasteiger partial charge in [0.1, 0.15) is 5.60 Å². The minimum Gasteiger partial charge on any atom is -0.444 e. The van der Waals surface area contributed by atoms with Gasteiger partial charge in [0.2, 0.25) is 0 Å². The molecule has 1 amide bonds. The van der Waals surface area contributed by atoms with Crippen molar-refractivity contribution in [2.45, 2.75) is 70.9 Å². The molecule has 1 saturated carbocycles. The van der Waals surface area contributed by atoms with Crippen molar-refractivity contribution in [3.8, 4) is 0 Å². The Hall–Kier alpha value is -0.770. The van der Waals surface area contributed by atoms with E-state index in [2.05, 4.69) is 10.6 Å². The Bertz CT molecular complexity index is 319. The van der Waals surface area contributed by atoms with Gasteiger partial charge >= 0.3 is 6.09 Å². The predicted molar refractivity (Wildman–Crippen MR) is 80.7 cm³/mol. The lowest BCUT2D eigenvalue weighted by Crippen LogP contribution is -2.54. The summed E-state index contributed by atoms with van der Waals surface area (Å²) in [5.74, 6) is 1.40. The molecule has 0 aromatic carbocycles. The maximum absolute atomic E-state index is 12.0. The number of rotatable bonds is 2. The second-order valence-corrected chi connectivity index (χ2v) is 7.31. The number of hydrogen-bond donors (Lipinski definition) is 2. The second kappa shape index (κ2) is 6.79. The third-order valence-corrected chi connectivity index (χ3v) is 4.49. The van der Waals surface area contributed by atoms with Crippen LogP contribution in [0, 0.1) is 11.8 Å². The van der Waals surface area contributed by atoms with Gasteiger partial charge in [-0.1, -0.05) is 32.1 Å². The Morgan fingerprint density at radius 1 is 1.15 bits per heavy atom. The molecule has 116 valence electrons. The average molecular weight is 282 g/mol. The van der Waals surface area contributed by atoms with E-state index in [9.17, 15) is 4.79 Å². The number of alkyl carbamates (subject to hydrolysis) is 1. The lowest BCUT2D eigenvalue weighted by atomic mass is 9.74. The minimum absolute atomic E-state index is 0.224. The van der Waals surface area contributed by atoms with Crippen LogP contribution in [0.3, 0.4) is 0 Å². The van der Waals surface area contributed by atoms with Crippen LogP contribution >= 0.6 is 0 Å². The molecule has 20 heavy (non-hydrogen) atoms. The summed E-state index contributed by atoms with van der Waals surface area (Å²) in [7, 11) is 0. The first-order valence-corrected chi connectivity index (χ1v) is 8.16. The molecular weight excluding hydrogens is 252 g/mol. The molecule has 0 spiro atoms. The van der Waals surface area contributed by atoms with Gasteiger partial charge in [-0.05, 0) is 45.6 Å². The average Bonchev–Trinajstić information content (AvgIpc) is 2.38. The SMILES string of the molecule is CC(C)(C)OC(=O)NC1CNCCC1C1CCCCC1. The third-order valence-electron chi connectivity index (χ3n) is 4.49. The number of carbonyl (C=O) groups excluding carboxylic acids is 1. The van der Waals surface area contributed by atoms with Crippen molar-refractivity contribution in [1.82, 2.24) is 10.6 Å². The molecule has 2 atom stereocenters. The fourth-order valence-corrected chi connectivity index (χ4v) is 3.62. The summed E-state index contributed by atoms with van der Waals surface area (Å²) in [4.78, 5) is 12.0. The van der Waals surface area contributed by atoms with E-state index in [1.165, 1.54) is 38.5 Å². The molecule has 1 aliphatic heterocycles. The number of ether oxygens (including phenoxy) is 1. The van der Waals surface area contributed by atoms with Crippen molar-refractivity contribution < 1.29 is 9.53 Å². The molecule has 2 rings (SSSR count). The van der Waals surface area contributed by atoms with Crippen LogP contribution in [-0.4, -0.2) is 30.8 Å². The molecular formula is C16H30N2O2. The molecule has 2 fully saturated rings. The molecule has 1 saturated heterocycles. The van der Waals surface area contributed by atoms with Crippen LogP contribution in [0.25, 0.3) is 0 Å². The lowest BCUT2D eigenvalue weighted by Gasteiger charge is -2.39. The van der Waals surface area contributed by atoms with Crippen molar-refractivity contribution in [2.24, 2.45) is 11.8 Å². The topological polar surface area (TPSA) is 50.4 Å². The molecule has 1 heterocycles. The van der Waals surface area contributed by atoms with Crippen LogP contribution in [0.5, 0.6) is 0 Å². The Kier molecular flexibility index (Phi) is 5.30. The summed E-state index contributed by atoms with van der Waals surface area (Å²) in [6, 6.07) is 0.224. The number of amides is 1. The summed E-state index contributed by atoms with van der Waals surface area (Å²) in [6.07, 6.45) is 7.65. The molecule has 1 aliphatic carbocycles. The Morgan fingerprint density at radius 3 is 2.50 bits per heavy atom. The van der Waals surface area contributed by atoms with E-state index in [-0.39, 0.29) is 12.1 Å². The highest BCUT2D eigenvalue weighted by atomic mass is 16.6. The maximum Gasteiger partial charge on any atom is 0.407 e. The summed E-state index contributed by atoms with van der Waals surface area (Å²) in [5.41, 5.74) is -0.424. The van der Waals surface area contributed by atoms with Gasteiger partial charge in [-0.2, -0.15) is 0 Å². The van der Waals surface area contributed by atoms with Crippen LogP contribution < -0.4 is 10.6 Å². The zero-order valence-corrected chi connectivity index (χ0v) is 13.2. The monoisotopic (exact) mass is 282 g/mol. The molecule has 0 radical (unpaired) electrons. The highest BCUT2D eigenvalue weighted by molar-refractivity contribution is 5.68. The zero-order chi connectivity index (χ0) is 14.6. The molecule has 0 aromatic rings. The largest absolute Gasteiger partial charge is 0.444 e. The third kappa shape index (κ3) is 4.65. The standard InChI is InChI=1S/C16H30N2O2/c1-16(2,3)20-15(19)18-14-11-17-10-9-13(14)12-7-5-4-6-8-12/h12-14,17H,4-11H2,1-3H3,(H,18,19). The van der Waals surface area contributed by atoms with Crippen LogP contribution in [0.1, 0.15) is 59.3 Å². The molecule has 2 N–H and O–H groups in total. The number of piperidine rings is 1. The van der Waals surface area contributed by atoms with Gasteiger partial charge in [-0.15, -0.1) is 0 Å². The van der Waals surface area contributed by atoms with Crippen molar-refractivity contribution in [3.05, 3.63) is 0 Å². The first kappa shape index (κ1) is 15.6. The summed E-state index contributed by atoms with van der Waals surface area (Å²) in [5, 5.41) is 6.50. The normalized spacial score (nSPS) is 28.9. The fourth-order valence-electron chi connectivity index (χ4n) is 3.62. The highest BCUT2D eigenvalue weighted by Gasteiger charge is 2.34. The fraction of sp³-hybridized carbons (Fsp3) is 0.938. The Morgan fingerprint density at radius 2 is 1.85 bits per heavy atom. The summed E-state index contributed by atoms with van der Waals surface area (Å²) < 4.78 is 5.40. The number of carbonyl (C=O) groups is 1. The van der Waals surface area contributed by atoms with Crippen LogP contribution in [0.15, 0.2) is 0 Å². The van der Waals surface area contributed by atoms with Gasteiger partial charge in [0.25, 0.3) is 0 Å². The minimum atomic E-state index is -0.424. The van der Waals surface area contributed by atoms with Crippen LogP contribution in [0.2, 0.25) is 0 Å². The van der Waals surface area contributed by atoms with E-state index < -0.39 is 5.60 Å². The van der Waals surface area contributed by atoms with Gasteiger partial charge < -0.3 is 15.4 Å². The zero-order valence-electron chi connectivity index (χ0n) is 13.2. The van der Waals surface area contributed by atoms with Gasteiger partial charge in [0, 0.05) is 12.6 Å². The summed E-state index contributed by atoms with van der Waals surface area (Å²) >= 11 is 0. The summed E-state index contributed by atoms with van der Waals surface area (Å²) in [6.45, 7) is 7.67. The number of nitrogens with one attached hydrogen (secondary N) is 2. The maximum atomic E-state index is 12.0. The highest BCUT2D eigenvalue weighted by Crippen LogP contribution is 2.34. The van der Waals surface area contributed by atoms with Gasteiger partial charge in [0.15, 0.2) is 0 Å². The van der Waals surface area contributed by atoms with Crippen molar-refractivity contribution in [2.75, 3.05) is 13.1 Å². The van der Waals surface area contributed by atoms with Gasteiger partial charge in [-0.3, -0.25) is 0 Å². The Labute approximate surface area is 123 Å². The van der Waals surface area contributed by atoms with Crippen LogP contribution in [-0.2, 0) is 4.74 Å². The quantitative estimate of drug-likeness (QED) is 0.818. The molecule has 0 aromatic heterocycles. The van der Waals surface area contributed by atoms with E-state index in [4.69, 9.17) is 4.74 Å². The van der Waals surface area contributed by atoms with E-state index in [0.29, 0.717) is 5.92 Å². The first-order chi connectivity index (χ1) is 9.46. The molecule has 4 nitrogen and oxygen atoms in total. The van der Waals surface area contributed by atoms with Crippen LogP contribution in [0.4, 0.5) is 4.79 Å². The van der Waals surface area contributed by atoms with Crippen molar-refractivity contribution >= 4 is 6.09 Å².